The first-order chi connectivity index (χ1) is 9.16. The quantitative estimate of drug-likeness (QED) is 0.897. The summed E-state index contributed by atoms with van der Waals surface area (Å²) in [6.45, 7) is 2.81. The van der Waals surface area contributed by atoms with Gasteiger partial charge < -0.3 is 10.6 Å². The van der Waals surface area contributed by atoms with Gasteiger partial charge in [-0.05, 0) is 44.4 Å². The zero-order chi connectivity index (χ0) is 13.7. The van der Waals surface area contributed by atoms with Crippen molar-refractivity contribution in [1.29, 1.82) is 0 Å². The molecule has 112 valence electrons. The van der Waals surface area contributed by atoms with Crippen LogP contribution in [0.3, 0.4) is 0 Å². The molecule has 1 fully saturated rings. The fourth-order valence-corrected chi connectivity index (χ4v) is 2.46. The molecule has 1 unspecified atom stereocenters. The van der Waals surface area contributed by atoms with Crippen molar-refractivity contribution in [2.45, 2.75) is 44.7 Å². The van der Waals surface area contributed by atoms with Crippen molar-refractivity contribution in [1.82, 2.24) is 10.6 Å². The molecule has 1 aromatic rings. The van der Waals surface area contributed by atoms with Gasteiger partial charge in [-0.3, -0.25) is 4.79 Å². The van der Waals surface area contributed by atoms with Crippen molar-refractivity contribution < 1.29 is 9.18 Å². The summed E-state index contributed by atoms with van der Waals surface area (Å²) in [6, 6.07) is 6.55. The molecule has 1 saturated heterocycles. The first kappa shape index (κ1) is 16.9. The van der Waals surface area contributed by atoms with Crippen LogP contribution in [0.15, 0.2) is 24.3 Å². The van der Waals surface area contributed by atoms with Gasteiger partial charge in [0.15, 0.2) is 0 Å². The van der Waals surface area contributed by atoms with Crippen molar-refractivity contribution >= 4 is 18.3 Å². The summed E-state index contributed by atoms with van der Waals surface area (Å²) in [5.74, 6) is -0.178. The summed E-state index contributed by atoms with van der Waals surface area (Å²) in [7, 11) is 0. The normalized spacial score (nSPS) is 19.8. The summed E-state index contributed by atoms with van der Waals surface area (Å²) >= 11 is 0. The SMILES string of the molecule is CC(Cc1ccccc1F)NC(=O)[C@H]1CCCCN1.Cl. The van der Waals surface area contributed by atoms with Crippen molar-refractivity contribution in [3.05, 3.63) is 35.6 Å². The van der Waals surface area contributed by atoms with Crippen molar-refractivity contribution in [3.8, 4) is 0 Å². The molecule has 1 aromatic carbocycles. The van der Waals surface area contributed by atoms with Gasteiger partial charge >= 0.3 is 0 Å². The Bertz CT molecular complexity index is 436. The Morgan fingerprint density at radius 3 is 2.85 bits per heavy atom. The minimum Gasteiger partial charge on any atom is -0.352 e. The number of piperidine rings is 1. The molecular weight excluding hydrogens is 279 g/mol. The first-order valence-corrected chi connectivity index (χ1v) is 6.94. The summed E-state index contributed by atoms with van der Waals surface area (Å²) < 4.78 is 13.5. The molecule has 0 bridgehead atoms. The molecule has 1 aliphatic rings. The molecule has 0 saturated carbocycles. The average molecular weight is 301 g/mol. The van der Waals surface area contributed by atoms with E-state index in [-0.39, 0.29) is 36.2 Å². The predicted molar refractivity (Wildman–Crippen MR) is 80.6 cm³/mol. The summed E-state index contributed by atoms with van der Waals surface area (Å²) in [4.78, 5) is 12.0. The van der Waals surface area contributed by atoms with Gasteiger partial charge in [0.25, 0.3) is 0 Å². The van der Waals surface area contributed by atoms with E-state index in [2.05, 4.69) is 10.6 Å². The Morgan fingerprint density at radius 1 is 1.45 bits per heavy atom. The molecule has 2 atom stereocenters. The minimum atomic E-state index is -0.209. The van der Waals surface area contributed by atoms with Crippen LogP contribution in [0.4, 0.5) is 4.39 Å². The number of benzene rings is 1. The van der Waals surface area contributed by atoms with Crippen LogP contribution >= 0.6 is 12.4 Å². The maximum Gasteiger partial charge on any atom is 0.237 e. The lowest BCUT2D eigenvalue weighted by Crippen LogP contribution is -2.49. The third-order valence-corrected chi connectivity index (χ3v) is 3.50. The topological polar surface area (TPSA) is 41.1 Å². The second kappa shape index (κ2) is 8.22. The molecule has 1 heterocycles. The van der Waals surface area contributed by atoms with Gasteiger partial charge in [0.1, 0.15) is 5.82 Å². The molecule has 1 amide bonds. The highest BCUT2D eigenvalue weighted by Crippen LogP contribution is 2.10. The van der Waals surface area contributed by atoms with E-state index in [1.807, 2.05) is 13.0 Å². The molecule has 2 N–H and O–H groups in total. The van der Waals surface area contributed by atoms with Gasteiger partial charge in [-0.2, -0.15) is 0 Å². The van der Waals surface area contributed by atoms with Gasteiger partial charge in [-0.15, -0.1) is 12.4 Å². The standard InChI is InChI=1S/C15H21FN2O.ClH/c1-11(10-12-6-2-3-7-13(12)16)18-15(19)14-8-4-5-9-17-14;/h2-3,6-7,11,14,17H,4-5,8-10H2,1H3,(H,18,19);1H/t11?,14-;/m1./s1. The fourth-order valence-electron chi connectivity index (χ4n) is 2.46. The molecule has 0 aliphatic carbocycles. The molecule has 20 heavy (non-hydrogen) atoms. The maximum absolute atomic E-state index is 13.5. The number of hydrogen-bond donors (Lipinski definition) is 2. The summed E-state index contributed by atoms with van der Waals surface area (Å²) in [5, 5.41) is 6.17. The monoisotopic (exact) mass is 300 g/mol. The van der Waals surface area contributed by atoms with Crippen LogP contribution in [0.5, 0.6) is 0 Å². The smallest absolute Gasteiger partial charge is 0.237 e. The van der Waals surface area contributed by atoms with Crippen molar-refractivity contribution in [3.63, 3.8) is 0 Å². The minimum absolute atomic E-state index is 0. The molecule has 0 spiro atoms. The zero-order valence-corrected chi connectivity index (χ0v) is 12.5. The molecule has 0 radical (unpaired) electrons. The van der Waals surface area contributed by atoms with E-state index < -0.39 is 0 Å². The van der Waals surface area contributed by atoms with Crippen LogP contribution < -0.4 is 10.6 Å². The second-order valence-electron chi connectivity index (χ2n) is 5.21. The number of amides is 1. The van der Waals surface area contributed by atoms with Crippen molar-refractivity contribution in [2.75, 3.05) is 6.54 Å². The van der Waals surface area contributed by atoms with E-state index in [1.165, 1.54) is 6.07 Å². The van der Waals surface area contributed by atoms with Crippen LogP contribution in [0.25, 0.3) is 0 Å². The lowest BCUT2D eigenvalue weighted by Gasteiger charge is -2.24. The van der Waals surface area contributed by atoms with Crippen molar-refractivity contribution in [2.24, 2.45) is 0 Å². The Balaban J connectivity index is 0.00000200. The molecule has 1 aliphatic heterocycles. The summed E-state index contributed by atoms with van der Waals surface area (Å²) in [5.41, 5.74) is 0.645. The largest absolute Gasteiger partial charge is 0.352 e. The van der Waals surface area contributed by atoms with Crippen LogP contribution in [0.1, 0.15) is 31.7 Å². The Labute approximate surface area is 125 Å². The highest BCUT2D eigenvalue weighted by Gasteiger charge is 2.21. The molecular formula is C15H22ClFN2O. The molecule has 3 nitrogen and oxygen atoms in total. The summed E-state index contributed by atoms with van der Waals surface area (Å²) in [6.07, 6.45) is 3.63. The van der Waals surface area contributed by atoms with Crippen LogP contribution in [0, 0.1) is 5.82 Å². The van der Waals surface area contributed by atoms with Gasteiger partial charge in [0.2, 0.25) is 5.91 Å². The Hall–Kier alpha value is -1.13. The average Bonchev–Trinajstić information content (AvgIpc) is 2.42. The highest BCUT2D eigenvalue weighted by molar-refractivity contribution is 5.85. The third-order valence-electron chi connectivity index (χ3n) is 3.50. The fraction of sp³-hybridized carbons (Fsp3) is 0.533. The second-order valence-corrected chi connectivity index (χ2v) is 5.21. The van der Waals surface area contributed by atoms with E-state index in [4.69, 9.17) is 0 Å². The van der Waals surface area contributed by atoms with E-state index >= 15 is 0 Å². The van der Waals surface area contributed by atoms with Gasteiger partial charge in [0.05, 0.1) is 6.04 Å². The number of hydrogen-bond acceptors (Lipinski definition) is 2. The Kier molecular flexibility index (Phi) is 6.96. The van der Waals surface area contributed by atoms with E-state index in [0.29, 0.717) is 12.0 Å². The Morgan fingerprint density at radius 2 is 2.20 bits per heavy atom. The van der Waals surface area contributed by atoms with Crippen LogP contribution in [-0.4, -0.2) is 24.5 Å². The number of halogens is 2. The van der Waals surface area contributed by atoms with E-state index in [1.54, 1.807) is 12.1 Å². The lowest BCUT2D eigenvalue weighted by atomic mass is 10.0. The highest BCUT2D eigenvalue weighted by atomic mass is 35.5. The van der Waals surface area contributed by atoms with Crippen LogP contribution in [0.2, 0.25) is 0 Å². The maximum atomic E-state index is 13.5. The van der Waals surface area contributed by atoms with E-state index in [0.717, 1.165) is 25.8 Å². The van der Waals surface area contributed by atoms with Gasteiger partial charge in [-0.25, -0.2) is 4.39 Å². The lowest BCUT2D eigenvalue weighted by molar-refractivity contribution is -0.124. The predicted octanol–water partition coefficient (Wildman–Crippen LogP) is 2.44. The first-order valence-electron chi connectivity index (χ1n) is 6.94. The number of carbonyl (C=O) groups is 1. The molecule has 5 heteroatoms. The third kappa shape index (κ3) is 4.76. The van der Waals surface area contributed by atoms with Gasteiger partial charge in [-0.1, -0.05) is 24.6 Å². The van der Waals surface area contributed by atoms with E-state index in [9.17, 15) is 9.18 Å². The number of carbonyl (C=O) groups excluding carboxylic acids is 1. The van der Waals surface area contributed by atoms with Gasteiger partial charge in [0, 0.05) is 6.04 Å². The molecule has 0 aromatic heterocycles. The zero-order valence-electron chi connectivity index (χ0n) is 11.7. The molecule has 2 rings (SSSR count). The number of nitrogens with one attached hydrogen (secondary N) is 2. The number of rotatable bonds is 4. The van der Waals surface area contributed by atoms with Crippen LogP contribution in [-0.2, 0) is 11.2 Å².